The molecule has 0 heteroatoms. The number of rotatable bonds is 0. The van der Waals surface area contributed by atoms with Crippen LogP contribution in [0.25, 0.3) is 0 Å². The molecule has 0 saturated carbocycles. The van der Waals surface area contributed by atoms with E-state index in [-0.39, 0.29) is 0 Å². The Labute approximate surface area is 50.6 Å². The van der Waals surface area contributed by atoms with Crippen molar-refractivity contribution in [3.8, 4) is 23.7 Å². The highest BCUT2D eigenvalue weighted by Crippen LogP contribution is 1.62. The maximum atomic E-state index is 2.73. The van der Waals surface area contributed by atoms with Gasteiger partial charge in [0.1, 0.15) is 0 Å². The van der Waals surface area contributed by atoms with Crippen molar-refractivity contribution in [3.63, 3.8) is 0 Å². The quantitative estimate of drug-likeness (QED) is 0.409. The van der Waals surface area contributed by atoms with Crippen molar-refractivity contribution >= 4 is 0 Å². The average molecular weight is 104 g/mol. The molecule has 0 unspecified atom stereocenters. The van der Waals surface area contributed by atoms with E-state index in [4.69, 9.17) is 0 Å². The minimum atomic E-state index is 1.77. The van der Waals surface area contributed by atoms with Crippen LogP contribution >= 0.6 is 0 Å². The first kappa shape index (κ1) is 6.86. The second-order valence-electron chi connectivity index (χ2n) is 1.14. The molecule has 0 rings (SSSR count). The summed E-state index contributed by atoms with van der Waals surface area (Å²) in [5.41, 5.74) is 0. The molecule has 0 amide bonds. The van der Waals surface area contributed by atoms with Gasteiger partial charge in [-0.25, -0.2) is 0 Å². The van der Waals surface area contributed by atoms with Crippen LogP contribution in [0.1, 0.15) is 13.8 Å². The summed E-state index contributed by atoms with van der Waals surface area (Å²) in [6.07, 6.45) is 3.65. The van der Waals surface area contributed by atoms with Crippen LogP contribution in [-0.4, -0.2) is 0 Å². The molecule has 0 nitrogen and oxygen atoms in total. The highest BCUT2D eigenvalue weighted by molar-refractivity contribution is 5.29. The summed E-state index contributed by atoms with van der Waals surface area (Å²) in [6, 6.07) is 0. The molecule has 0 atom stereocenters. The van der Waals surface area contributed by atoms with Crippen LogP contribution in [0.5, 0.6) is 0 Å². The molecule has 0 aromatic carbocycles. The molecule has 0 aliphatic rings. The second kappa shape index (κ2) is 5.86. The standard InChI is InChI=1S/C8H8/c1-3-5-7-8-6-4-2/h3,5H,1-2H3. The topological polar surface area (TPSA) is 0 Å². The van der Waals surface area contributed by atoms with Crippen LogP contribution in [0.4, 0.5) is 0 Å². The van der Waals surface area contributed by atoms with E-state index in [2.05, 4.69) is 23.7 Å². The summed E-state index contributed by atoms with van der Waals surface area (Å²) in [4.78, 5) is 0. The van der Waals surface area contributed by atoms with Gasteiger partial charge in [-0.3, -0.25) is 0 Å². The van der Waals surface area contributed by atoms with Crippen molar-refractivity contribution in [3.05, 3.63) is 12.2 Å². The fraction of sp³-hybridized carbons (Fsp3) is 0.250. The Morgan fingerprint density at radius 2 is 2.00 bits per heavy atom. The first-order valence-corrected chi connectivity index (χ1v) is 2.45. The molecule has 0 fully saturated rings. The summed E-state index contributed by atoms with van der Waals surface area (Å²) in [7, 11) is 0. The third-order valence-corrected chi connectivity index (χ3v) is 0.510. The van der Waals surface area contributed by atoms with E-state index in [0.717, 1.165) is 0 Å². The van der Waals surface area contributed by atoms with Gasteiger partial charge in [0.25, 0.3) is 0 Å². The molecular weight excluding hydrogens is 96.1 g/mol. The Morgan fingerprint density at radius 3 is 2.50 bits per heavy atom. The van der Waals surface area contributed by atoms with Gasteiger partial charge in [0, 0.05) is 0 Å². The van der Waals surface area contributed by atoms with Gasteiger partial charge in [-0.15, -0.1) is 0 Å². The summed E-state index contributed by atoms with van der Waals surface area (Å²) in [5, 5.41) is 0. The monoisotopic (exact) mass is 104 g/mol. The molecule has 40 valence electrons. The largest absolute Gasteiger partial charge is 0.0925 e. The Kier molecular flexibility index (Phi) is 5.02. The summed E-state index contributed by atoms with van der Waals surface area (Å²) < 4.78 is 0. The van der Waals surface area contributed by atoms with Crippen molar-refractivity contribution < 1.29 is 0 Å². The fourth-order valence-corrected chi connectivity index (χ4v) is 0.224. The number of hydrogen-bond acceptors (Lipinski definition) is 0. The van der Waals surface area contributed by atoms with E-state index in [9.17, 15) is 0 Å². The van der Waals surface area contributed by atoms with E-state index in [1.165, 1.54) is 0 Å². The molecule has 0 aliphatic heterocycles. The Bertz CT molecular complexity index is 176. The first-order valence-electron chi connectivity index (χ1n) is 2.45. The lowest BCUT2D eigenvalue weighted by atomic mass is 10.5. The van der Waals surface area contributed by atoms with Gasteiger partial charge < -0.3 is 0 Å². The van der Waals surface area contributed by atoms with Gasteiger partial charge in [0.15, 0.2) is 0 Å². The lowest BCUT2D eigenvalue weighted by Gasteiger charge is -1.57. The minimum Gasteiger partial charge on any atom is -0.0925 e. The van der Waals surface area contributed by atoms with Crippen molar-refractivity contribution in [1.29, 1.82) is 0 Å². The summed E-state index contributed by atoms with van der Waals surface area (Å²) in [5.74, 6) is 10.7. The molecule has 0 spiro atoms. The lowest BCUT2D eigenvalue weighted by molar-refractivity contribution is 1.76. The fourth-order valence-electron chi connectivity index (χ4n) is 0.224. The Hall–Kier alpha value is -1.14. The maximum Gasteiger partial charge on any atom is -0.00168 e. The van der Waals surface area contributed by atoms with Gasteiger partial charge in [-0.05, 0) is 31.8 Å². The summed E-state index contributed by atoms with van der Waals surface area (Å²) in [6.45, 7) is 3.69. The summed E-state index contributed by atoms with van der Waals surface area (Å²) >= 11 is 0. The molecule has 0 bridgehead atoms. The van der Waals surface area contributed by atoms with Crippen LogP contribution in [0, 0.1) is 23.7 Å². The zero-order valence-corrected chi connectivity index (χ0v) is 5.15. The zero-order chi connectivity index (χ0) is 6.24. The zero-order valence-electron chi connectivity index (χ0n) is 5.15. The van der Waals surface area contributed by atoms with E-state index < -0.39 is 0 Å². The molecule has 0 aromatic rings. The van der Waals surface area contributed by atoms with Gasteiger partial charge in [0.05, 0.1) is 0 Å². The van der Waals surface area contributed by atoms with Gasteiger partial charge in [-0.2, -0.15) is 0 Å². The van der Waals surface area contributed by atoms with Crippen LogP contribution in [0.2, 0.25) is 0 Å². The van der Waals surface area contributed by atoms with Gasteiger partial charge >= 0.3 is 0 Å². The van der Waals surface area contributed by atoms with E-state index in [0.29, 0.717) is 0 Å². The van der Waals surface area contributed by atoms with Crippen LogP contribution in [0.3, 0.4) is 0 Å². The normalized spacial score (nSPS) is 6.75. The highest BCUT2D eigenvalue weighted by atomic mass is 13.5. The highest BCUT2D eigenvalue weighted by Gasteiger charge is 1.50. The molecule has 0 aliphatic carbocycles. The Balaban J connectivity index is 3.63. The van der Waals surface area contributed by atoms with Crippen molar-refractivity contribution in [2.24, 2.45) is 0 Å². The predicted octanol–water partition coefficient (Wildman–Crippen LogP) is 1.59. The molecule has 0 saturated heterocycles. The molecular formula is C8H8. The number of allylic oxidation sites excluding steroid dienone is 2. The number of hydrogen-bond donors (Lipinski definition) is 0. The third-order valence-electron chi connectivity index (χ3n) is 0.510. The molecule has 0 radical (unpaired) electrons. The third kappa shape index (κ3) is 4.86. The van der Waals surface area contributed by atoms with Crippen molar-refractivity contribution in [2.45, 2.75) is 13.8 Å². The predicted molar refractivity (Wildman–Crippen MR) is 36.0 cm³/mol. The lowest BCUT2D eigenvalue weighted by Crippen LogP contribution is -1.47. The Morgan fingerprint density at radius 1 is 1.25 bits per heavy atom. The first-order chi connectivity index (χ1) is 3.91. The van der Waals surface area contributed by atoms with Crippen LogP contribution in [-0.2, 0) is 0 Å². The second-order valence-corrected chi connectivity index (χ2v) is 1.14. The van der Waals surface area contributed by atoms with E-state index in [1.807, 2.05) is 13.0 Å². The van der Waals surface area contributed by atoms with Crippen LogP contribution in [0.15, 0.2) is 12.2 Å². The van der Waals surface area contributed by atoms with E-state index >= 15 is 0 Å². The SMILES string of the molecule is CC#CC#CC=CC. The average Bonchev–Trinajstić information content (AvgIpc) is 1.81. The van der Waals surface area contributed by atoms with Gasteiger partial charge in [0.2, 0.25) is 0 Å². The van der Waals surface area contributed by atoms with E-state index in [1.54, 1.807) is 13.0 Å². The molecule has 0 heterocycles. The van der Waals surface area contributed by atoms with Crippen molar-refractivity contribution in [1.82, 2.24) is 0 Å². The molecule has 8 heavy (non-hydrogen) atoms. The van der Waals surface area contributed by atoms with Crippen molar-refractivity contribution in [2.75, 3.05) is 0 Å². The molecule has 0 N–H and O–H groups in total. The van der Waals surface area contributed by atoms with Crippen LogP contribution < -0.4 is 0 Å². The van der Waals surface area contributed by atoms with Gasteiger partial charge in [-0.1, -0.05) is 17.9 Å². The maximum absolute atomic E-state index is 2.73. The minimum absolute atomic E-state index is 1.77. The molecule has 0 aromatic heterocycles. The smallest absolute Gasteiger partial charge is 0.00168 e.